The average molecular weight is 400 g/mol. The molecule has 1 amide bonds. The normalized spacial score (nSPS) is 12.1. The Morgan fingerprint density at radius 3 is 2.50 bits per heavy atom. The van der Waals surface area contributed by atoms with Gasteiger partial charge in [0.15, 0.2) is 0 Å². The predicted octanol–water partition coefficient (Wildman–Crippen LogP) is 3.10. The maximum absolute atomic E-state index is 13.0. The molecule has 3 aromatic rings. The van der Waals surface area contributed by atoms with E-state index in [0.717, 1.165) is 5.56 Å². The topological polar surface area (TPSA) is 73.1 Å². The zero-order valence-corrected chi connectivity index (χ0v) is 16.6. The van der Waals surface area contributed by atoms with Crippen LogP contribution in [-0.4, -0.2) is 15.0 Å². The van der Waals surface area contributed by atoms with Crippen LogP contribution in [0.3, 0.4) is 0 Å². The molecule has 0 fully saturated rings. The van der Waals surface area contributed by atoms with E-state index in [-0.39, 0.29) is 30.6 Å². The van der Waals surface area contributed by atoms with Gasteiger partial charge in [-0.25, -0.2) is 4.79 Å². The molecule has 0 spiro atoms. The van der Waals surface area contributed by atoms with Crippen LogP contribution >= 0.6 is 11.6 Å². The third kappa shape index (κ3) is 3.87. The number of aromatic nitrogens is 2. The number of amides is 1. The lowest BCUT2D eigenvalue weighted by molar-refractivity contribution is -0.121. The summed E-state index contributed by atoms with van der Waals surface area (Å²) < 4.78 is 2.58. The highest BCUT2D eigenvalue weighted by molar-refractivity contribution is 6.31. The number of hydrogen-bond donors (Lipinski definition) is 1. The Bertz CT molecular complexity index is 1130. The molecule has 6 nitrogen and oxygen atoms in total. The molecule has 0 aliphatic carbocycles. The molecule has 1 aromatic heterocycles. The van der Waals surface area contributed by atoms with E-state index in [1.807, 2.05) is 32.0 Å². The van der Waals surface area contributed by atoms with Gasteiger partial charge in [0.2, 0.25) is 5.91 Å². The molecule has 28 heavy (non-hydrogen) atoms. The third-order valence-electron chi connectivity index (χ3n) is 4.85. The molecule has 0 aliphatic heterocycles. The van der Waals surface area contributed by atoms with Crippen molar-refractivity contribution in [2.24, 2.45) is 0 Å². The van der Waals surface area contributed by atoms with Crippen molar-refractivity contribution >= 4 is 28.4 Å². The molecular weight excluding hydrogens is 378 g/mol. The Hall–Kier alpha value is -2.86. The SMILES string of the molecule is CC[C@@H](C)n1c(=O)c2ccccc2n(CC(=O)NCc2ccccc2Cl)c1=O. The number of hydrogen-bond acceptors (Lipinski definition) is 3. The fourth-order valence-electron chi connectivity index (χ4n) is 3.10. The standard InChI is InChI=1S/C21H22ClN3O3/c1-3-14(2)25-20(27)16-9-5-7-11-18(16)24(21(25)28)13-19(26)23-12-15-8-4-6-10-17(15)22/h4-11,14H,3,12-13H2,1-2H3,(H,23,26)/t14-/m1/s1. The van der Waals surface area contributed by atoms with Crippen molar-refractivity contribution in [3.8, 4) is 0 Å². The minimum absolute atomic E-state index is 0.180. The summed E-state index contributed by atoms with van der Waals surface area (Å²) in [6.45, 7) is 3.81. The van der Waals surface area contributed by atoms with Gasteiger partial charge in [-0.3, -0.25) is 18.7 Å². The summed E-state index contributed by atoms with van der Waals surface area (Å²) in [6, 6.07) is 13.8. The number of carbonyl (C=O) groups excluding carboxylic acids is 1. The Morgan fingerprint density at radius 1 is 1.11 bits per heavy atom. The maximum atomic E-state index is 13.0. The van der Waals surface area contributed by atoms with Crippen molar-refractivity contribution in [3.05, 3.63) is 80.0 Å². The fourth-order valence-corrected chi connectivity index (χ4v) is 3.30. The van der Waals surface area contributed by atoms with Gasteiger partial charge < -0.3 is 5.32 Å². The van der Waals surface area contributed by atoms with Crippen LogP contribution in [0, 0.1) is 0 Å². The van der Waals surface area contributed by atoms with Gasteiger partial charge >= 0.3 is 5.69 Å². The van der Waals surface area contributed by atoms with Crippen molar-refractivity contribution in [1.29, 1.82) is 0 Å². The molecule has 3 rings (SSSR count). The van der Waals surface area contributed by atoms with E-state index in [0.29, 0.717) is 22.3 Å². The Kier molecular flexibility index (Phi) is 5.99. The summed E-state index contributed by atoms with van der Waals surface area (Å²) in [4.78, 5) is 38.3. The molecule has 0 saturated carbocycles. The highest BCUT2D eigenvalue weighted by Crippen LogP contribution is 2.14. The van der Waals surface area contributed by atoms with Gasteiger partial charge in [0, 0.05) is 17.6 Å². The molecule has 7 heteroatoms. The minimum Gasteiger partial charge on any atom is -0.350 e. The van der Waals surface area contributed by atoms with Crippen molar-refractivity contribution in [2.75, 3.05) is 0 Å². The highest BCUT2D eigenvalue weighted by atomic mass is 35.5. The fraction of sp³-hybridized carbons (Fsp3) is 0.286. The molecule has 0 radical (unpaired) electrons. The first-order chi connectivity index (χ1) is 13.4. The first-order valence-electron chi connectivity index (χ1n) is 9.18. The predicted molar refractivity (Wildman–Crippen MR) is 111 cm³/mol. The van der Waals surface area contributed by atoms with Gasteiger partial charge in [0.05, 0.1) is 10.9 Å². The Balaban J connectivity index is 1.96. The maximum Gasteiger partial charge on any atom is 0.332 e. The third-order valence-corrected chi connectivity index (χ3v) is 5.22. The number of fused-ring (bicyclic) bond motifs is 1. The van der Waals surface area contributed by atoms with Crippen LogP contribution in [0.1, 0.15) is 31.9 Å². The largest absolute Gasteiger partial charge is 0.350 e. The Labute approximate surface area is 167 Å². The second-order valence-electron chi connectivity index (χ2n) is 6.69. The molecule has 1 atom stereocenters. The van der Waals surface area contributed by atoms with Crippen LogP contribution in [0.15, 0.2) is 58.1 Å². The summed E-state index contributed by atoms with van der Waals surface area (Å²) in [7, 11) is 0. The molecule has 1 heterocycles. The second kappa shape index (κ2) is 8.44. The van der Waals surface area contributed by atoms with Crippen molar-refractivity contribution in [2.45, 2.75) is 39.4 Å². The molecule has 146 valence electrons. The lowest BCUT2D eigenvalue weighted by Gasteiger charge is -2.17. The summed E-state index contributed by atoms with van der Waals surface area (Å²) in [5.74, 6) is -0.332. The van der Waals surface area contributed by atoms with Crippen LogP contribution in [0.2, 0.25) is 5.02 Å². The van der Waals surface area contributed by atoms with Crippen LogP contribution in [-0.2, 0) is 17.9 Å². The van der Waals surface area contributed by atoms with Crippen molar-refractivity contribution in [1.82, 2.24) is 14.5 Å². The zero-order chi connectivity index (χ0) is 20.3. The number of carbonyl (C=O) groups is 1. The zero-order valence-electron chi connectivity index (χ0n) is 15.8. The average Bonchev–Trinajstić information content (AvgIpc) is 2.70. The molecular formula is C21H22ClN3O3. The van der Waals surface area contributed by atoms with E-state index in [2.05, 4.69) is 5.32 Å². The molecule has 2 aromatic carbocycles. The van der Waals surface area contributed by atoms with Gasteiger partial charge in [-0.1, -0.05) is 48.9 Å². The van der Waals surface area contributed by atoms with Crippen molar-refractivity contribution < 1.29 is 4.79 Å². The summed E-state index contributed by atoms with van der Waals surface area (Å²) in [5, 5.41) is 3.77. The molecule has 0 aliphatic rings. The monoisotopic (exact) mass is 399 g/mol. The number of rotatable bonds is 6. The van der Waals surface area contributed by atoms with Gasteiger partial charge in [0.25, 0.3) is 5.56 Å². The van der Waals surface area contributed by atoms with Crippen LogP contribution < -0.4 is 16.6 Å². The first-order valence-corrected chi connectivity index (χ1v) is 9.56. The quantitative estimate of drug-likeness (QED) is 0.692. The van der Waals surface area contributed by atoms with Crippen LogP contribution in [0.25, 0.3) is 10.9 Å². The van der Waals surface area contributed by atoms with Gasteiger partial charge in [-0.15, -0.1) is 0 Å². The van der Waals surface area contributed by atoms with Gasteiger partial charge in [-0.05, 0) is 37.1 Å². The van der Waals surface area contributed by atoms with E-state index in [1.54, 1.807) is 30.3 Å². The second-order valence-corrected chi connectivity index (χ2v) is 7.09. The first kappa shape index (κ1) is 19.9. The number of nitrogens with zero attached hydrogens (tertiary/aromatic N) is 2. The highest BCUT2D eigenvalue weighted by Gasteiger charge is 2.17. The number of halogens is 1. The van der Waals surface area contributed by atoms with Crippen LogP contribution in [0.4, 0.5) is 0 Å². The molecule has 0 saturated heterocycles. The summed E-state index contributed by atoms with van der Waals surface area (Å²) in [5.41, 5.74) is 0.429. The smallest absolute Gasteiger partial charge is 0.332 e. The molecule has 1 N–H and O–H groups in total. The van der Waals surface area contributed by atoms with Crippen molar-refractivity contribution in [3.63, 3.8) is 0 Å². The van der Waals surface area contributed by atoms with E-state index < -0.39 is 5.69 Å². The number of nitrogens with one attached hydrogen (secondary N) is 1. The van der Waals surface area contributed by atoms with Gasteiger partial charge in [-0.2, -0.15) is 0 Å². The summed E-state index contributed by atoms with van der Waals surface area (Å²) >= 11 is 6.12. The van der Waals surface area contributed by atoms with Gasteiger partial charge in [0.1, 0.15) is 6.54 Å². The lowest BCUT2D eigenvalue weighted by atomic mass is 10.2. The number of benzene rings is 2. The van der Waals surface area contributed by atoms with Crippen LogP contribution in [0.5, 0.6) is 0 Å². The van der Waals surface area contributed by atoms with E-state index in [4.69, 9.17) is 11.6 Å². The Morgan fingerprint density at radius 2 is 1.79 bits per heavy atom. The van der Waals surface area contributed by atoms with E-state index in [1.165, 1.54) is 9.13 Å². The van der Waals surface area contributed by atoms with E-state index in [9.17, 15) is 14.4 Å². The van der Waals surface area contributed by atoms with E-state index >= 15 is 0 Å². The lowest BCUT2D eigenvalue weighted by Crippen LogP contribution is -2.43. The minimum atomic E-state index is -0.481. The molecule has 0 unspecified atom stereocenters. The number of para-hydroxylation sites is 1. The summed E-state index contributed by atoms with van der Waals surface area (Å²) in [6.07, 6.45) is 0.631. The molecule has 0 bridgehead atoms.